The summed E-state index contributed by atoms with van der Waals surface area (Å²) >= 11 is 0. The van der Waals surface area contributed by atoms with Crippen LogP contribution < -0.4 is 10.6 Å². The number of hydrogen-bond acceptors (Lipinski definition) is 4. The van der Waals surface area contributed by atoms with Gasteiger partial charge in [-0.3, -0.25) is 4.79 Å². The van der Waals surface area contributed by atoms with E-state index in [0.717, 1.165) is 12.8 Å². The first-order chi connectivity index (χ1) is 9.94. The van der Waals surface area contributed by atoms with Crippen molar-refractivity contribution < 1.29 is 4.79 Å². The van der Waals surface area contributed by atoms with E-state index in [4.69, 9.17) is 0 Å². The first-order valence-corrected chi connectivity index (χ1v) is 7.87. The van der Waals surface area contributed by atoms with E-state index in [1.807, 2.05) is 0 Å². The fraction of sp³-hybridized carbons (Fsp3) is 0.688. The van der Waals surface area contributed by atoms with Crippen LogP contribution in [0.25, 0.3) is 0 Å². The molecule has 1 fully saturated rings. The summed E-state index contributed by atoms with van der Waals surface area (Å²) in [5.41, 5.74) is 0.317. The minimum Gasteiger partial charge on any atom is -0.364 e. The second-order valence-electron chi connectivity index (χ2n) is 6.84. The minimum absolute atomic E-state index is 0.0706. The maximum absolute atomic E-state index is 12.2. The Morgan fingerprint density at radius 2 is 1.76 bits per heavy atom. The standard InChI is InChI=1S/C16H26N4O/c1-16(2,3)18-14-11-10-13(19-20-14)15(21)17-12-8-6-4-5-7-9-12/h10-12H,4-9H2,1-3H3,(H,17,21)(H,18,20). The molecule has 1 aliphatic carbocycles. The van der Waals surface area contributed by atoms with Crippen molar-refractivity contribution in [2.24, 2.45) is 0 Å². The van der Waals surface area contributed by atoms with Crippen LogP contribution in [-0.2, 0) is 0 Å². The van der Waals surface area contributed by atoms with Crippen LogP contribution in [0.2, 0.25) is 0 Å². The first kappa shape index (κ1) is 15.7. The lowest BCUT2D eigenvalue weighted by Gasteiger charge is -2.20. The molecular formula is C16H26N4O. The molecule has 5 nitrogen and oxygen atoms in total. The summed E-state index contributed by atoms with van der Waals surface area (Å²) in [6.07, 6.45) is 7.10. The molecule has 0 aromatic carbocycles. The van der Waals surface area contributed by atoms with Gasteiger partial charge in [0.1, 0.15) is 5.82 Å². The Bertz CT molecular complexity index is 456. The Hall–Kier alpha value is -1.65. The van der Waals surface area contributed by atoms with Gasteiger partial charge in [0.2, 0.25) is 0 Å². The summed E-state index contributed by atoms with van der Waals surface area (Å²) in [4.78, 5) is 12.2. The normalized spacial score (nSPS) is 17.1. The highest BCUT2D eigenvalue weighted by Crippen LogP contribution is 2.17. The smallest absolute Gasteiger partial charge is 0.272 e. The first-order valence-electron chi connectivity index (χ1n) is 7.87. The van der Waals surface area contributed by atoms with Crippen LogP contribution in [0.4, 0.5) is 5.82 Å². The lowest BCUT2D eigenvalue weighted by molar-refractivity contribution is 0.0927. The predicted octanol–water partition coefficient (Wildman–Crippen LogP) is 3.14. The summed E-state index contributed by atoms with van der Waals surface area (Å²) in [6, 6.07) is 3.82. The van der Waals surface area contributed by atoms with Crippen molar-refractivity contribution >= 4 is 11.7 Å². The topological polar surface area (TPSA) is 66.9 Å². The quantitative estimate of drug-likeness (QED) is 0.839. The van der Waals surface area contributed by atoms with Gasteiger partial charge >= 0.3 is 0 Å². The number of carbonyl (C=O) groups is 1. The zero-order valence-electron chi connectivity index (χ0n) is 13.3. The van der Waals surface area contributed by atoms with Gasteiger partial charge in [-0.05, 0) is 45.7 Å². The zero-order chi connectivity index (χ0) is 15.3. The van der Waals surface area contributed by atoms with Crippen molar-refractivity contribution in [1.82, 2.24) is 15.5 Å². The third-order valence-electron chi connectivity index (χ3n) is 3.59. The van der Waals surface area contributed by atoms with Gasteiger partial charge in [-0.2, -0.15) is 0 Å². The summed E-state index contributed by atoms with van der Waals surface area (Å²) in [7, 11) is 0. The maximum atomic E-state index is 12.2. The molecule has 116 valence electrons. The number of nitrogens with one attached hydrogen (secondary N) is 2. The van der Waals surface area contributed by atoms with E-state index in [1.165, 1.54) is 25.7 Å². The molecule has 0 unspecified atom stereocenters. The molecule has 2 N–H and O–H groups in total. The number of hydrogen-bond donors (Lipinski definition) is 2. The van der Waals surface area contributed by atoms with Crippen molar-refractivity contribution in [2.75, 3.05) is 5.32 Å². The van der Waals surface area contributed by atoms with E-state index in [-0.39, 0.29) is 17.5 Å². The molecule has 1 aliphatic rings. The summed E-state index contributed by atoms with van der Waals surface area (Å²) in [5.74, 6) is 0.574. The molecule has 1 amide bonds. The number of aromatic nitrogens is 2. The van der Waals surface area contributed by atoms with E-state index in [9.17, 15) is 4.79 Å². The van der Waals surface area contributed by atoms with Crippen molar-refractivity contribution in [3.05, 3.63) is 17.8 Å². The largest absolute Gasteiger partial charge is 0.364 e. The van der Waals surface area contributed by atoms with E-state index in [2.05, 4.69) is 41.6 Å². The third-order valence-corrected chi connectivity index (χ3v) is 3.59. The molecule has 0 aliphatic heterocycles. The van der Waals surface area contributed by atoms with Gasteiger partial charge < -0.3 is 10.6 Å². The van der Waals surface area contributed by atoms with Crippen LogP contribution in [-0.4, -0.2) is 27.7 Å². The second kappa shape index (κ2) is 6.87. The number of rotatable bonds is 3. The van der Waals surface area contributed by atoms with Gasteiger partial charge in [-0.15, -0.1) is 10.2 Å². The summed E-state index contributed by atoms with van der Waals surface area (Å²) < 4.78 is 0. The van der Waals surface area contributed by atoms with E-state index in [0.29, 0.717) is 11.5 Å². The molecule has 5 heteroatoms. The molecular weight excluding hydrogens is 264 g/mol. The van der Waals surface area contributed by atoms with Crippen molar-refractivity contribution in [3.8, 4) is 0 Å². The number of anilines is 1. The van der Waals surface area contributed by atoms with Crippen LogP contribution in [0.3, 0.4) is 0 Å². The van der Waals surface area contributed by atoms with Crippen molar-refractivity contribution in [2.45, 2.75) is 70.9 Å². The van der Waals surface area contributed by atoms with Gasteiger partial charge in [0.25, 0.3) is 5.91 Å². The van der Waals surface area contributed by atoms with E-state index >= 15 is 0 Å². The van der Waals surface area contributed by atoms with Crippen LogP contribution >= 0.6 is 0 Å². The molecule has 2 rings (SSSR count). The molecule has 0 atom stereocenters. The van der Waals surface area contributed by atoms with Crippen LogP contribution in [0.1, 0.15) is 69.8 Å². The Morgan fingerprint density at radius 1 is 1.10 bits per heavy atom. The summed E-state index contributed by atoms with van der Waals surface area (Å²) in [5, 5.41) is 14.4. The Kier molecular flexibility index (Phi) is 5.15. The Labute approximate surface area is 126 Å². The number of amides is 1. The lowest BCUT2D eigenvalue weighted by Crippen LogP contribution is -2.35. The molecule has 0 bridgehead atoms. The van der Waals surface area contributed by atoms with Gasteiger partial charge in [-0.1, -0.05) is 25.7 Å². The maximum Gasteiger partial charge on any atom is 0.272 e. The highest BCUT2D eigenvalue weighted by Gasteiger charge is 2.17. The molecule has 1 heterocycles. The average molecular weight is 290 g/mol. The molecule has 0 radical (unpaired) electrons. The van der Waals surface area contributed by atoms with Gasteiger partial charge in [0.15, 0.2) is 5.69 Å². The highest BCUT2D eigenvalue weighted by atomic mass is 16.2. The van der Waals surface area contributed by atoms with Gasteiger partial charge in [-0.25, -0.2) is 0 Å². The van der Waals surface area contributed by atoms with Crippen molar-refractivity contribution in [3.63, 3.8) is 0 Å². The molecule has 0 spiro atoms. The van der Waals surface area contributed by atoms with Crippen LogP contribution in [0.5, 0.6) is 0 Å². The molecule has 0 saturated heterocycles. The lowest BCUT2D eigenvalue weighted by atomic mass is 10.1. The van der Waals surface area contributed by atoms with Crippen molar-refractivity contribution in [1.29, 1.82) is 0 Å². The monoisotopic (exact) mass is 290 g/mol. The van der Waals surface area contributed by atoms with Gasteiger partial charge in [0.05, 0.1) is 0 Å². The molecule has 21 heavy (non-hydrogen) atoms. The fourth-order valence-corrected chi connectivity index (χ4v) is 2.59. The fourth-order valence-electron chi connectivity index (χ4n) is 2.59. The highest BCUT2D eigenvalue weighted by molar-refractivity contribution is 5.92. The second-order valence-corrected chi connectivity index (χ2v) is 6.84. The summed E-state index contributed by atoms with van der Waals surface area (Å²) in [6.45, 7) is 6.17. The zero-order valence-corrected chi connectivity index (χ0v) is 13.3. The third kappa shape index (κ3) is 5.33. The Balaban J connectivity index is 1.93. The van der Waals surface area contributed by atoms with Crippen LogP contribution in [0, 0.1) is 0 Å². The molecule has 1 saturated carbocycles. The number of nitrogens with zero attached hydrogens (tertiary/aromatic N) is 2. The average Bonchev–Trinajstić information content (AvgIpc) is 2.66. The minimum atomic E-state index is -0.114. The SMILES string of the molecule is CC(C)(C)Nc1ccc(C(=O)NC2CCCCCC2)nn1. The Morgan fingerprint density at radius 3 is 2.29 bits per heavy atom. The molecule has 1 aromatic heterocycles. The number of carbonyl (C=O) groups excluding carboxylic acids is 1. The molecule has 1 aromatic rings. The van der Waals surface area contributed by atoms with Gasteiger partial charge in [0, 0.05) is 11.6 Å². The van der Waals surface area contributed by atoms with E-state index in [1.54, 1.807) is 12.1 Å². The van der Waals surface area contributed by atoms with Crippen LogP contribution in [0.15, 0.2) is 12.1 Å². The van der Waals surface area contributed by atoms with E-state index < -0.39 is 0 Å². The predicted molar refractivity (Wildman–Crippen MR) is 84.4 cm³/mol.